The first-order valence-electron chi connectivity index (χ1n) is 6.64. The van der Waals surface area contributed by atoms with Gasteiger partial charge in [0.05, 0.1) is 0 Å². The lowest BCUT2D eigenvalue weighted by Gasteiger charge is -2.32. The summed E-state index contributed by atoms with van der Waals surface area (Å²) in [5.41, 5.74) is 0.908. The Labute approximate surface area is 117 Å². The summed E-state index contributed by atoms with van der Waals surface area (Å²) < 4.78 is 1.59. The number of likely N-dealkylation sites (tertiary alicyclic amines) is 1. The van der Waals surface area contributed by atoms with Crippen molar-refractivity contribution < 1.29 is 4.79 Å². The molecular weight excluding hydrogens is 262 g/mol. The molecule has 1 amide bonds. The third-order valence-corrected chi connectivity index (χ3v) is 4.85. The second-order valence-corrected chi connectivity index (χ2v) is 6.23. The number of nitrogens with zero attached hydrogens (tertiary/aromatic N) is 2. The molecule has 0 aliphatic carbocycles. The fourth-order valence-electron chi connectivity index (χ4n) is 2.44. The molecule has 1 aromatic rings. The molecule has 0 saturated carbocycles. The molecule has 0 spiro atoms. The Bertz CT molecular complexity index is 520. The standard InChI is InChI=1S/C13H21N3O2S/c1-9-10(2)19-13(18)16(9)8-12(17)15-6-4-5-11(7-15)14-3/h11,14H,4-8H2,1-3H3. The van der Waals surface area contributed by atoms with Gasteiger partial charge >= 0.3 is 4.87 Å². The number of nitrogens with one attached hydrogen (secondary N) is 1. The molecule has 1 aliphatic rings. The number of piperidine rings is 1. The molecule has 0 radical (unpaired) electrons. The molecule has 0 bridgehead atoms. The summed E-state index contributed by atoms with van der Waals surface area (Å²) in [6.45, 7) is 5.53. The molecule has 1 N–H and O–H groups in total. The predicted octanol–water partition coefficient (Wildman–Crippen LogP) is 0.737. The van der Waals surface area contributed by atoms with Gasteiger partial charge in [0.15, 0.2) is 0 Å². The zero-order chi connectivity index (χ0) is 14.0. The van der Waals surface area contributed by atoms with Crippen LogP contribution in [0, 0.1) is 13.8 Å². The first-order chi connectivity index (χ1) is 9.02. The highest BCUT2D eigenvalue weighted by Gasteiger charge is 2.23. The smallest absolute Gasteiger partial charge is 0.308 e. The Morgan fingerprint density at radius 2 is 2.21 bits per heavy atom. The third kappa shape index (κ3) is 3.06. The first kappa shape index (κ1) is 14.3. The SMILES string of the molecule is CNC1CCCN(C(=O)Cn2c(C)c(C)sc2=O)C1. The van der Waals surface area contributed by atoms with Crippen LogP contribution in [0.15, 0.2) is 4.79 Å². The molecule has 106 valence electrons. The van der Waals surface area contributed by atoms with E-state index in [-0.39, 0.29) is 17.3 Å². The number of hydrogen-bond acceptors (Lipinski definition) is 4. The molecule has 2 rings (SSSR count). The van der Waals surface area contributed by atoms with Crippen molar-refractivity contribution in [2.45, 2.75) is 39.3 Å². The molecule has 6 heteroatoms. The molecule has 19 heavy (non-hydrogen) atoms. The first-order valence-corrected chi connectivity index (χ1v) is 7.46. The Kier molecular flexibility index (Phi) is 4.42. The van der Waals surface area contributed by atoms with Crippen LogP contribution < -0.4 is 10.2 Å². The zero-order valence-electron chi connectivity index (χ0n) is 11.7. The Hall–Kier alpha value is -1.14. The van der Waals surface area contributed by atoms with Crippen LogP contribution in [0.4, 0.5) is 0 Å². The van der Waals surface area contributed by atoms with Gasteiger partial charge in [0.2, 0.25) is 5.91 Å². The Balaban J connectivity index is 2.06. The number of rotatable bonds is 3. The van der Waals surface area contributed by atoms with Crippen LogP contribution in [-0.2, 0) is 11.3 Å². The molecule has 1 aromatic heterocycles. The lowest BCUT2D eigenvalue weighted by Crippen LogP contribution is -2.48. The third-order valence-electron chi connectivity index (χ3n) is 3.85. The van der Waals surface area contributed by atoms with E-state index >= 15 is 0 Å². The maximum atomic E-state index is 12.3. The minimum Gasteiger partial charge on any atom is -0.340 e. The van der Waals surface area contributed by atoms with E-state index in [1.807, 2.05) is 25.8 Å². The fourth-order valence-corrected chi connectivity index (χ4v) is 3.28. The van der Waals surface area contributed by atoms with Crippen molar-refractivity contribution in [3.63, 3.8) is 0 Å². The van der Waals surface area contributed by atoms with Gasteiger partial charge in [-0.2, -0.15) is 0 Å². The van der Waals surface area contributed by atoms with Crippen LogP contribution in [-0.4, -0.2) is 41.6 Å². The summed E-state index contributed by atoms with van der Waals surface area (Å²) in [4.78, 5) is 26.9. The van der Waals surface area contributed by atoms with Crippen LogP contribution in [0.5, 0.6) is 0 Å². The summed E-state index contributed by atoms with van der Waals surface area (Å²) in [7, 11) is 1.93. The monoisotopic (exact) mass is 283 g/mol. The zero-order valence-corrected chi connectivity index (χ0v) is 12.5. The highest BCUT2D eigenvalue weighted by molar-refractivity contribution is 7.09. The van der Waals surface area contributed by atoms with Crippen molar-refractivity contribution in [2.75, 3.05) is 20.1 Å². The summed E-state index contributed by atoms with van der Waals surface area (Å²) in [6, 6.07) is 0.375. The van der Waals surface area contributed by atoms with Gasteiger partial charge in [0.25, 0.3) is 0 Å². The number of aryl methyl sites for hydroxylation is 1. The fraction of sp³-hybridized carbons (Fsp3) is 0.692. The summed E-state index contributed by atoms with van der Waals surface area (Å²) in [5, 5.41) is 3.22. The minimum atomic E-state index is -0.0366. The molecular formula is C13H21N3O2S. The molecule has 5 nitrogen and oxygen atoms in total. The Morgan fingerprint density at radius 3 is 2.79 bits per heavy atom. The van der Waals surface area contributed by atoms with Gasteiger partial charge in [-0.15, -0.1) is 0 Å². The second kappa shape index (κ2) is 5.88. The van der Waals surface area contributed by atoms with E-state index in [4.69, 9.17) is 0 Å². The maximum absolute atomic E-state index is 12.3. The molecule has 1 unspecified atom stereocenters. The number of thiazole rings is 1. The van der Waals surface area contributed by atoms with E-state index in [1.165, 1.54) is 11.3 Å². The summed E-state index contributed by atoms with van der Waals surface area (Å²) in [6.07, 6.45) is 2.13. The molecule has 2 heterocycles. The highest BCUT2D eigenvalue weighted by Crippen LogP contribution is 2.13. The van der Waals surface area contributed by atoms with Crippen molar-refractivity contribution in [2.24, 2.45) is 0 Å². The number of carbonyl (C=O) groups is 1. The lowest BCUT2D eigenvalue weighted by molar-refractivity contribution is -0.133. The second-order valence-electron chi connectivity index (χ2n) is 5.06. The van der Waals surface area contributed by atoms with E-state index in [2.05, 4.69) is 5.32 Å². The number of carbonyl (C=O) groups excluding carboxylic acids is 1. The highest BCUT2D eigenvalue weighted by atomic mass is 32.1. The molecule has 1 fully saturated rings. The van der Waals surface area contributed by atoms with Gasteiger partial charge in [-0.05, 0) is 33.7 Å². The summed E-state index contributed by atoms with van der Waals surface area (Å²) in [5.74, 6) is 0.0444. The Morgan fingerprint density at radius 1 is 1.47 bits per heavy atom. The molecule has 0 aromatic carbocycles. The van der Waals surface area contributed by atoms with E-state index in [0.29, 0.717) is 6.04 Å². The number of hydrogen-bond donors (Lipinski definition) is 1. The molecule has 1 aliphatic heterocycles. The van der Waals surface area contributed by atoms with Crippen molar-refractivity contribution in [1.29, 1.82) is 0 Å². The number of amides is 1. The molecule has 1 saturated heterocycles. The van der Waals surface area contributed by atoms with E-state index in [9.17, 15) is 9.59 Å². The number of likely N-dealkylation sites (N-methyl/N-ethyl adjacent to an activating group) is 1. The van der Waals surface area contributed by atoms with Crippen LogP contribution in [0.2, 0.25) is 0 Å². The normalized spacial score (nSPS) is 19.7. The average molecular weight is 283 g/mol. The summed E-state index contributed by atoms with van der Waals surface area (Å²) >= 11 is 1.21. The van der Waals surface area contributed by atoms with Gasteiger partial charge in [-0.1, -0.05) is 11.3 Å². The van der Waals surface area contributed by atoms with Gasteiger partial charge in [0, 0.05) is 29.7 Å². The minimum absolute atomic E-state index is 0.0366. The van der Waals surface area contributed by atoms with Crippen LogP contribution in [0.3, 0.4) is 0 Å². The number of aromatic nitrogens is 1. The average Bonchev–Trinajstić information content (AvgIpc) is 2.65. The van der Waals surface area contributed by atoms with Gasteiger partial charge < -0.3 is 10.2 Å². The molecule has 1 atom stereocenters. The van der Waals surface area contributed by atoms with E-state index < -0.39 is 0 Å². The van der Waals surface area contributed by atoms with E-state index in [1.54, 1.807) is 4.57 Å². The largest absolute Gasteiger partial charge is 0.340 e. The van der Waals surface area contributed by atoms with Gasteiger partial charge in [-0.25, -0.2) is 0 Å². The predicted molar refractivity (Wildman–Crippen MR) is 76.7 cm³/mol. The van der Waals surface area contributed by atoms with Crippen LogP contribution >= 0.6 is 11.3 Å². The van der Waals surface area contributed by atoms with Gasteiger partial charge in [-0.3, -0.25) is 14.2 Å². The van der Waals surface area contributed by atoms with Crippen LogP contribution in [0.25, 0.3) is 0 Å². The lowest BCUT2D eigenvalue weighted by atomic mass is 10.1. The maximum Gasteiger partial charge on any atom is 0.308 e. The van der Waals surface area contributed by atoms with Crippen molar-refractivity contribution in [3.8, 4) is 0 Å². The van der Waals surface area contributed by atoms with Crippen LogP contribution in [0.1, 0.15) is 23.4 Å². The topological polar surface area (TPSA) is 54.3 Å². The van der Waals surface area contributed by atoms with Gasteiger partial charge in [0.1, 0.15) is 6.54 Å². The van der Waals surface area contributed by atoms with Crippen molar-refractivity contribution in [1.82, 2.24) is 14.8 Å². The van der Waals surface area contributed by atoms with Crippen molar-refractivity contribution in [3.05, 3.63) is 20.2 Å². The van der Waals surface area contributed by atoms with Crippen molar-refractivity contribution >= 4 is 17.2 Å². The quantitative estimate of drug-likeness (QED) is 0.890. The van der Waals surface area contributed by atoms with E-state index in [0.717, 1.165) is 36.5 Å².